The van der Waals surface area contributed by atoms with E-state index < -0.39 is 5.95 Å². The molecule has 0 unspecified atom stereocenters. The molecular weight excluding hydrogens is 343 g/mol. The van der Waals surface area contributed by atoms with Crippen molar-refractivity contribution in [2.75, 3.05) is 12.4 Å². The Labute approximate surface area is 149 Å². The zero-order valence-corrected chi connectivity index (χ0v) is 14.5. The standard InChI is InChI=1S/C18H16ClFN4O/c1-11-9-15(14-7-8-16(21-2)22-17(14)20)23-24(18(11)25)10-12-3-5-13(19)6-4-12/h3-9H,10H2,1-2H3,(H,21,22). The molecule has 0 bridgehead atoms. The van der Waals surface area contributed by atoms with Crippen molar-refractivity contribution in [3.63, 3.8) is 0 Å². The molecule has 0 fully saturated rings. The van der Waals surface area contributed by atoms with Crippen LogP contribution in [0.1, 0.15) is 11.1 Å². The minimum atomic E-state index is -0.643. The van der Waals surface area contributed by atoms with Gasteiger partial charge in [-0.15, -0.1) is 0 Å². The third-order valence-electron chi connectivity index (χ3n) is 3.78. The summed E-state index contributed by atoms with van der Waals surface area (Å²) in [6.07, 6.45) is 0. The smallest absolute Gasteiger partial charge is 0.270 e. The lowest BCUT2D eigenvalue weighted by Crippen LogP contribution is -2.26. The van der Waals surface area contributed by atoms with Crippen LogP contribution in [0.2, 0.25) is 5.02 Å². The van der Waals surface area contributed by atoms with Crippen molar-refractivity contribution in [1.29, 1.82) is 0 Å². The van der Waals surface area contributed by atoms with E-state index in [4.69, 9.17) is 11.6 Å². The molecule has 0 aliphatic rings. The lowest BCUT2D eigenvalue weighted by Gasteiger charge is -2.10. The molecule has 0 amide bonds. The van der Waals surface area contributed by atoms with E-state index in [0.717, 1.165) is 5.56 Å². The summed E-state index contributed by atoms with van der Waals surface area (Å²) < 4.78 is 15.6. The zero-order valence-electron chi connectivity index (χ0n) is 13.8. The molecule has 128 valence electrons. The van der Waals surface area contributed by atoms with Crippen LogP contribution in [0.4, 0.5) is 10.2 Å². The van der Waals surface area contributed by atoms with Crippen LogP contribution in [0.3, 0.4) is 0 Å². The van der Waals surface area contributed by atoms with Gasteiger partial charge in [0.2, 0.25) is 5.95 Å². The van der Waals surface area contributed by atoms with Gasteiger partial charge >= 0.3 is 0 Å². The molecule has 0 aliphatic heterocycles. The number of hydrogen-bond acceptors (Lipinski definition) is 4. The Hall–Kier alpha value is -2.73. The van der Waals surface area contributed by atoms with Crippen molar-refractivity contribution in [3.05, 3.63) is 74.9 Å². The summed E-state index contributed by atoms with van der Waals surface area (Å²) in [5.74, 6) is -0.220. The number of aryl methyl sites for hydroxylation is 1. The third kappa shape index (κ3) is 3.69. The SMILES string of the molecule is CNc1ccc(-c2cc(C)c(=O)n(Cc3ccc(Cl)cc3)n2)c(F)n1. The predicted molar refractivity (Wildman–Crippen MR) is 96.5 cm³/mol. The van der Waals surface area contributed by atoms with Crippen molar-refractivity contribution < 1.29 is 4.39 Å². The first-order chi connectivity index (χ1) is 12.0. The van der Waals surface area contributed by atoms with Gasteiger partial charge in [-0.05, 0) is 42.8 Å². The van der Waals surface area contributed by atoms with Gasteiger partial charge in [0, 0.05) is 17.6 Å². The number of pyridine rings is 1. The van der Waals surface area contributed by atoms with Gasteiger partial charge in [-0.25, -0.2) is 9.67 Å². The number of rotatable bonds is 4. The van der Waals surface area contributed by atoms with Gasteiger partial charge in [-0.1, -0.05) is 23.7 Å². The molecule has 3 aromatic rings. The molecular formula is C18H16ClFN4O. The fourth-order valence-electron chi connectivity index (χ4n) is 2.44. The van der Waals surface area contributed by atoms with Crippen LogP contribution < -0.4 is 10.9 Å². The summed E-state index contributed by atoms with van der Waals surface area (Å²) >= 11 is 5.88. The highest BCUT2D eigenvalue weighted by Crippen LogP contribution is 2.21. The van der Waals surface area contributed by atoms with E-state index >= 15 is 0 Å². The molecule has 3 rings (SSSR count). The summed E-state index contributed by atoms with van der Waals surface area (Å²) in [6, 6.07) is 12.0. The van der Waals surface area contributed by atoms with Gasteiger partial charge in [0.05, 0.1) is 17.8 Å². The molecule has 1 aromatic carbocycles. The normalized spacial score (nSPS) is 10.7. The summed E-state index contributed by atoms with van der Waals surface area (Å²) in [7, 11) is 1.66. The lowest BCUT2D eigenvalue weighted by molar-refractivity contribution is 0.584. The first-order valence-corrected chi connectivity index (χ1v) is 8.03. The molecule has 1 N–H and O–H groups in total. The van der Waals surface area contributed by atoms with Crippen LogP contribution in [-0.2, 0) is 6.54 Å². The second-order valence-corrected chi connectivity index (χ2v) is 6.02. The minimum Gasteiger partial charge on any atom is -0.373 e. The second-order valence-electron chi connectivity index (χ2n) is 5.59. The molecule has 2 heterocycles. The van der Waals surface area contributed by atoms with Crippen LogP contribution >= 0.6 is 11.6 Å². The van der Waals surface area contributed by atoms with Crippen molar-refractivity contribution >= 4 is 17.4 Å². The fraction of sp³-hybridized carbons (Fsp3) is 0.167. The Morgan fingerprint density at radius 2 is 1.92 bits per heavy atom. The van der Waals surface area contributed by atoms with Crippen molar-refractivity contribution in [3.8, 4) is 11.3 Å². The number of aromatic nitrogens is 3. The molecule has 0 saturated carbocycles. The van der Waals surface area contributed by atoms with E-state index in [1.54, 1.807) is 44.3 Å². The first-order valence-electron chi connectivity index (χ1n) is 7.66. The number of anilines is 1. The van der Waals surface area contributed by atoms with E-state index in [1.807, 2.05) is 12.1 Å². The van der Waals surface area contributed by atoms with Crippen molar-refractivity contribution in [2.45, 2.75) is 13.5 Å². The van der Waals surface area contributed by atoms with Gasteiger partial charge in [0.25, 0.3) is 5.56 Å². The van der Waals surface area contributed by atoms with E-state index in [2.05, 4.69) is 15.4 Å². The lowest BCUT2D eigenvalue weighted by atomic mass is 10.1. The maximum absolute atomic E-state index is 14.3. The molecule has 5 nitrogen and oxygen atoms in total. The second kappa shape index (κ2) is 7.03. The summed E-state index contributed by atoms with van der Waals surface area (Å²) in [5.41, 5.74) is 1.74. The molecule has 0 atom stereocenters. The van der Waals surface area contributed by atoms with E-state index in [1.165, 1.54) is 4.68 Å². The average Bonchev–Trinajstić information content (AvgIpc) is 2.60. The number of halogens is 2. The van der Waals surface area contributed by atoms with E-state index in [0.29, 0.717) is 22.1 Å². The molecule has 0 spiro atoms. The summed E-state index contributed by atoms with van der Waals surface area (Å²) in [5, 5.41) is 7.70. The van der Waals surface area contributed by atoms with Gasteiger partial charge in [0.15, 0.2) is 0 Å². The Balaban J connectivity index is 2.03. The number of nitrogens with zero attached hydrogens (tertiary/aromatic N) is 3. The largest absolute Gasteiger partial charge is 0.373 e. The number of benzene rings is 1. The highest BCUT2D eigenvalue weighted by molar-refractivity contribution is 6.30. The Bertz CT molecular complexity index is 970. The van der Waals surface area contributed by atoms with Crippen LogP contribution in [0, 0.1) is 12.9 Å². The maximum atomic E-state index is 14.3. The molecule has 7 heteroatoms. The monoisotopic (exact) mass is 358 g/mol. The molecule has 2 aromatic heterocycles. The third-order valence-corrected chi connectivity index (χ3v) is 4.03. The topological polar surface area (TPSA) is 59.8 Å². The quantitative estimate of drug-likeness (QED) is 0.725. The number of hydrogen-bond donors (Lipinski definition) is 1. The first kappa shape index (κ1) is 17.1. The van der Waals surface area contributed by atoms with Crippen molar-refractivity contribution in [1.82, 2.24) is 14.8 Å². The number of nitrogens with one attached hydrogen (secondary N) is 1. The summed E-state index contributed by atoms with van der Waals surface area (Å²) in [4.78, 5) is 16.2. The van der Waals surface area contributed by atoms with Crippen LogP contribution in [0.5, 0.6) is 0 Å². The average molecular weight is 359 g/mol. The maximum Gasteiger partial charge on any atom is 0.270 e. The van der Waals surface area contributed by atoms with Gasteiger partial charge in [-0.2, -0.15) is 9.49 Å². The highest BCUT2D eigenvalue weighted by atomic mass is 35.5. The zero-order chi connectivity index (χ0) is 18.0. The van der Waals surface area contributed by atoms with E-state index in [-0.39, 0.29) is 17.7 Å². The minimum absolute atomic E-state index is 0.223. The Morgan fingerprint density at radius 1 is 1.20 bits per heavy atom. The van der Waals surface area contributed by atoms with Crippen molar-refractivity contribution in [2.24, 2.45) is 0 Å². The highest BCUT2D eigenvalue weighted by Gasteiger charge is 2.13. The van der Waals surface area contributed by atoms with Crippen LogP contribution in [0.25, 0.3) is 11.3 Å². The Morgan fingerprint density at radius 3 is 2.56 bits per heavy atom. The summed E-state index contributed by atoms with van der Waals surface area (Å²) in [6.45, 7) is 1.95. The van der Waals surface area contributed by atoms with Crippen LogP contribution in [-0.4, -0.2) is 21.8 Å². The van der Waals surface area contributed by atoms with Crippen LogP contribution in [0.15, 0.2) is 47.3 Å². The van der Waals surface area contributed by atoms with Gasteiger partial charge in [-0.3, -0.25) is 4.79 Å². The molecule has 0 saturated heterocycles. The predicted octanol–water partition coefficient (Wildman–Crippen LogP) is 3.50. The van der Waals surface area contributed by atoms with Gasteiger partial charge in [0.1, 0.15) is 5.82 Å². The van der Waals surface area contributed by atoms with E-state index in [9.17, 15) is 9.18 Å². The molecule has 25 heavy (non-hydrogen) atoms. The fourth-order valence-corrected chi connectivity index (χ4v) is 2.57. The molecule has 0 radical (unpaired) electrons. The van der Waals surface area contributed by atoms with Gasteiger partial charge < -0.3 is 5.32 Å². The Kier molecular flexibility index (Phi) is 4.81. The molecule has 0 aliphatic carbocycles.